The highest BCUT2D eigenvalue weighted by Gasteiger charge is 2.26. The van der Waals surface area contributed by atoms with Crippen LogP contribution >= 0.6 is 0 Å². The Kier molecular flexibility index (Phi) is 1.20. The summed E-state index contributed by atoms with van der Waals surface area (Å²) in [5.74, 6) is 1.12. The highest BCUT2D eigenvalue weighted by atomic mass is 16.5. The molecule has 3 rings (SSSR count). The summed E-state index contributed by atoms with van der Waals surface area (Å²) in [6, 6.07) is 6.08. The minimum atomic E-state index is 0.428. The summed E-state index contributed by atoms with van der Waals surface area (Å²) in [5, 5.41) is 4.93. The van der Waals surface area contributed by atoms with Crippen molar-refractivity contribution in [2.24, 2.45) is 0 Å². The van der Waals surface area contributed by atoms with Crippen LogP contribution in [0.1, 0.15) is 24.3 Å². The number of hydrogen-bond acceptors (Lipinski definition) is 3. The molecule has 2 aromatic rings. The Bertz CT molecular complexity index is 457. The van der Waals surface area contributed by atoms with E-state index in [1.54, 1.807) is 0 Å². The van der Waals surface area contributed by atoms with Gasteiger partial charge in [-0.2, -0.15) is 0 Å². The van der Waals surface area contributed by atoms with Crippen LogP contribution in [0.5, 0.6) is 0 Å². The second-order valence-corrected chi connectivity index (χ2v) is 3.56. The Hall–Kier alpha value is -1.51. The Labute approximate surface area is 75.5 Å². The van der Waals surface area contributed by atoms with Gasteiger partial charge in [0.1, 0.15) is 5.52 Å². The van der Waals surface area contributed by atoms with Crippen LogP contribution < -0.4 is 5.73 Å². The van der Waals surface area contributed by atoms with Crippen molar-refractivity contribution in [3.05, 3.63) is 23.8 Å². The largest absolute Gasteiger partial charge is 0.367 e. The summed E-state index contributed by atoms with van der Waals surface area (Å²) >= 11 is 0. The third-order valence-electron chi connectivity index (χ3n) is 2.59. The van der Waals surface area contributed by atoms with E-state index in [4.69, 9.17) is 10.3 Å². The fourth-order valence-corrected chi connectivity index (χ4v) is 1.73. The number of nitrogens with two attached hydrogens (primary N) is 1. The van der Waals surface area contributed by atoms with Crippen LogP contribution in [-0.4, -0.2) is 5.16 Å². The molecule has 1 fully saturated rings. The van der Waals surface area contributed by atoms with Crippen LogP contribution in [0.4, 0.5) is 5.88 Å². The molecule has 0 saturated heterocycles. The highest BCUT2D eigenvalue weighted by molar-refractivity contribution is 5.90. The lowest BCUT2D eigenvalue weighted by atomic mass is 10.1. The van der Waals surface area contributed by atoms with Crippen LogP contribution in [0.15, 0.2) is 22.7 Å². The predicted molar refractivity (Wildman–Crippen MR) is 50.4 cm³/mol. The van der Waals surface area contributed by atoms with Crippen molar-refractivity contribution in [2.75, 3.05) is 5.73 Å². The van der Waals surface area contributed by atoms with Crippen molar-refractivity contribution in [2.45, 2.75) is 18.8 Å². The topological polar surface area (TPSA) is 52.0 Å². The summed E-state index contributed by atoms with van der Waals surface area (Å²) in [6.45, 7) is 0. The Balaban J connectivity index is 2.33. The molecule has 1 heterocycles. The zero-order chi connectivity index (χ0) is 8.84. The lowest BCUT2D eigenvalue weighted by Crippen LogP contribution is -1.83. The first-order chi connectivity index (χ1) is 6.36. The van der Waals surface area contributed by atoms with Gasteiger partial charge < -0.3 is 10.3 Å². The second-order valence-electron chi connectivity index (χ2n) is 3.56. The Morgan fingerprint density at radius 2 is 2.23 bits per heavy atom. The van der Waals surface area contributed by atoms with Gasteiger partial charge in [-0.15, -0.1) is 0 Å². The molecule has 1 saturated carbocycles. The van der Waals surface area contributed by atoms with Gasteiger partial charge in [-0.3, -0.25) is 0 Å². The van der Waals surface area contributed by atoms with E-state index in [1.807, 2.05) is 12.1 Å². The number of aromatic nitrogens is 1. The molecule has 1 aromatic carbocycles. The highest BCUT2D eigenvalue weighted by Crippen LogP contribution is 2.43. The van der Waals surface area contributed by atoms with Gasteiger partial charge in [0.2, 0.25) is 5.88 Å². The maximum Gasteiger partial charge on any atom is 0.230 e. The second kappa shape index (κ2) is 2.25. The molecule has 66 valence electrons. The monoisotopic (exact) mass is 174 g/mol. The van der Waals surface area contributed by atoms with Crippen LogP contribution in [-0.2, 0) is 0 Å². The molecule has 0 radical (unpaired) electrons. The van der Waals surface area contributed by atoms with E-state index < -0.39 is 0 Å². The Morgan fingerprint density at radius 3 is 3.00 bits per heavy atom. The normalized spacial score (nSPS) is 16.6. The first kappa shape index (κ1) is 6.95. The molecule has 3 nitrogen and oxygen atoms in total. The van der Waals surface area contributed by atoms with Crippen LogP contribution in [0.25, 0.3) is 10.9 Å². The van der Waals surface area contributed by atoms with Crippen LogP contribution in [0, 0.1) is 0 Å². The number of nitrogens with zero attached hydrogens (tertiary/aromatic N) is 1. The van der Waals surface area contributed by atoms with Crippen LogP contribution in [0.3, 0.4) is 0 Å². The summed E-state index contributed by atoms with van der Waals surface area (Å²) in [6.07, 6.45) is 2.54. The number of benzene rings is 1. The Morgan fingerprint density at radius 1 is 1.38 bits per heavy atom. The van der Waals surface area contributed by atoms with E-state index >= 15 is 0 Å². The van der Waals surface area contributed by atoms with Crippen molar-refractivity contribution >= 4 is 16.8 Å². The van der Waals surface area contributed by atoms with Gasteiger partial charge in [-0.25, -0.2) is 0 Å². The number of anilines is 1. The van der Waals surface area contributed by atoms with Crippen molar-refractivity contribution < 1.29 is 4.52 Å². The number of fused-ring (bicyclic) bond motifs is 1. The first-order valence-electron chi connectivity index (χ1n) is 4.50. The summed E-state index contributed by atoms with van der Waals surface area (Å²) in [4.78, 5) is 0. The van der Waals surface area contributed by atoms with E-state index in [-0.39, 0.29) is 0 Å². The van der Waals surface area contributed by atoms with Gasteiger partial charge in [0.25, 0.3) is 0 Å². The van der Waals surface area contributed by atoms with Gasteiger partial charge >= 0.3 is 0 Å². The maximum absolute atomic E-state index is 5.64. The maximum atomic E-state index is 5.64. The van der Waals surface area contributed by atoms with Gasteiger partial charge in [0, 0.05) is 0 Å². The minimum Gasteiger partial charge on any atom is -0.367 e. The molecule has 0 bridgehead atoms. The molecule has 0 unspecified atom stereocenters. The predicted octanol–water partition coefficient (Wildman–Crippen LogP) is 2.29. The van der Waals surface area contributed by atoms with Gasteiger partial charge in [-0.05, 0) is 30.4 Å². The molecule has 1 aromatic heterocycles. The molecular formula is C10H10N2O. The summed E-state index contributed by atoms with van der Waals surface area (Å²) in [5.41, 5.74) is 7.87. The van der Waals surface area contributed by atoms with E-state index in [0.29, 0.717) is 11.8 Å². The number of rotatable bonds is 1. The van der Waals surface area contributed by atoms with Crippen LogP contribution in [0.2, 0.25) is 0 Å². The molecule has 1 aliphatic rings. The van der Waals surface area contributed by atoms with E-state index in [9.17, 15) is 0 Å². The molecule has 1 aliphatic carbocycles. The molecule has 3 heteroatoms. The quantitative estimate of drug-likeness (QED) is 0.721. The standard InChI is InChI=1S/C10H10N2O/c11-10-8-3-1-2-7(6-4-5-6)9(8)12-13-10/h1-3,6H,4-5,11H2. The average molecular weight is 174 g/mol. The third-order valence-corrected chi connectivity index (χ3v) is 2.59. The number of nitrogen functional groups attached to an aromatic ring is 1. The molecule has 0 atom stereocenters. The fraction of sp³-hybridized carbons (Fsp3) is 0.300. The molecule has 0 aliphatic heterocycles. The SMILES string of the molecule is Nc1onc2c(C3CC3)cccc12. The lowest BCUT2D eigenvalue weighted by molar-refractivity contribution is 0.444. The smallest absolute Gasteiger partial charge is 0.230 e. The van der Waals surface area contributed by atoms with Gasteiger partial charge in [0.05, 0.1) is 5.39 Å². The van der Waals surface area contributed by atoms with E-state index in [2.05, 4.69) is 11.2 Å². The van der Waals surface area contributed by atoms with Crippen molar-refractivity contribution in [1.29, 1.82) is 0 Å². The molecular weight excluding hydrogens is 164 g/mol. The summed E-state index contributed by atoms with van der Waals surface area (Å²) < 4.78 is 4.96. The molecule has 13 heavy (non-hydrogen) atoms. The molecule has 0 spiro atoms. The average Bonchev–Trinajstić information content (AvgIpc) is 2.92. The van der Waals surface area contributed by atoms with Gasteiger partial charge in [-0.1, -0.05) is 17.3 Å². The zero-order valence-corrected chi connectivity index (χ0v) is 7.16. The van der Waals surface area contributed by atoms with E-state index in [0.717, 1.165) is 10.9 Å². The molecule has 0 amide bonds. The minimum absolute atomic E-state index is 0.428. The van der Waals surface area contributed by atoms with Crippen molar-refractivity contribution in [1.82, 2.24) is 5.16 Å². The zero-order valence-electron chi connectivity index (χ0n) is 7.16. The number of hydrogen-bond donors (Lipinski definition) is 1. The van der Waals surface area contributed by atoms with Crippen molar-refractivity contribution in [3.8, 4) is 0 Å². The first-order valence-corrected chi connectivity index (χ1v) is 4.50. The van der Waals surface area contributed by atoms with Gasteiger partial charge in [0.15, 0.2) is 0 Å². The lowest BCUT2D eigenvalue weighted by Gasteiger charge is -1.96. The third kappa shape index (κ3) is 0.932. The van der Waals surface area contributed by atoms with E-state index in [1.165, 1.54) is 18.4 Å². The summed E-state index contributed by atoms with van der Waals surface area (Å²) in [7, 11) is 0. The molecule has 2 N–H and O–H groups in total. The van der Waals surface area contributed by atoms with Crippen molar-refractivity contribution in [3.63, 3.8) is 0 Å². The fourth-order valence-electron chi connectivity index (χ4n) is 1.73.